The van der Waals surface area contributed by atoms with Crippen molar-refractivity contribution in [1.82, 2.24) is 9.55 Å². The Labute approximate surface area is 197 Å². The van der Waals surface area contributed by atoms with Crippen molar-refractivity contribution in [2.75, 3.05) is 24.9 Å². The zero-order valence-electron chi connectivity index (χ0n) is 18.8. The highest BCUT2D eigenvalue weighted by Gasteiger charge is 2.11. The third-order valence-electron chi connectivity index (χ3n) is 5.12. The van der Waals surface area contributed by atoms with Crippen LogP contribution in [0.4, 0.5) is 11.4 Å². The summed E-state index contributed by atoms with van der Waals surface area (Å²) in [6.07, 6.45) is 3.30. The number of benzene rings is 3. The summed E-state index contributed by atoms with van der Waals surface area (Å²) in [4.78, 5) is 29.1. The van der Waals surface area contributed by atoms with Gasteiger partial charge < -0.3 is 24.7 Å². The fourth-order valence-electron chi connectivity index (χ4n) is 3.31. The van der Waals surface area contributed by atoms with Gasteiger partial charge in [-0.2, -0.15) is 0 Å². The van der Waals surface area contributed by atoms with Crippen LogP contribution >= 0.6 is 0 Å². The molecule has 0 atom stereocenters. The lowest BCUT2D eigenvalue weighted by Crippen LogP contribution is -2.12. The molecule has 1 heterocycles. The summed E-state index contributed by atoms with van der Waals surface area (Å²) in [5, 5.41) is 5.69. The maximum Gasteiger partial charge on any atom is 0.275 e. The quantitative estimate of drug-likeness (QED) is 0.408. The molecule has 0 aliphatic rings. The first-order valence-corrected chi connectivity index (χ1v) is 10.6. The summed E-state index contributed by atoms with van der Waals surface area (Å²) in [5.74, 6) is 0.835. The third-order valence-corrected chi connectivity index (χ3v) is 5.12. The molecule has 4 aromatic rings. The molecule has 8 nitrogen and oxygen atoms in total. The van der Waals surface area contributed by atoms with Crippen LogP contribution < -0.4 is 20.1 Å². The number of ether oxygens (including phenoxy) is 2. The number of nitrogens with zero attached hydrogens (tertiary/aromatic N) is 2. The second kappa shape index (κ2) is 10.4. The zero-order valence-corrected chi connectivity index (χ0v) is 18.8. The molecule has 0 unspecified atom stereocenters. The molecule has 2 amide bonds. The van der Waals surface area contributed by atoms with Crippen molar-refractivity contribution in [1.29, 1.82) is 0 Å². The fourth-order valence-corrected chi connectivity index (χ4v) is 3.31. The number of amides is 2. The summed E-state index contributed by atoms with van der Waals surface area (Å²) in [6, 6.07) is 21.6. The van der Waals surface area contributed by atoms with Crippen molar-refractivity contribution in [3.05, 3.63) is 102 Å². The molecular formula is C26H24N4O4. The Hall–Kier alpha value is -4.59. The minimum absolute atomic E-state index is 0.214. The molecule has 4 rings (SSSR count). The standard InChI is InChI=1S/C26H24N4O4/c1-33-22-12-10-21(11-13-22)29-26(32)24-16-30(17-27-24)15-18-6-8-20(9-7-18)28-25(31)19-4-3-5-23(14-19)34-2/h3-14,16-17H,15H2,1-2H3,(H,28,31)(H,29,32). The molecule has 172 valence electrons. The van der Waals surface area contributed by atoms with E-state index in [9.17, 15) is 9.59 Å². The minimum Gasteiger partial charge on any atom is -0.497 e. The van der Waals surface area contributed by atoms with Gasteiger partial charge in [0, 0.05) is 29.7 Å². The highest BCUT2D eigenvalue weighted by atomic mass is 16.5. The molecule has 0 saturated carbocycles. The molecule has 1 aromatic heterocycles. The van der Waals surface area contributed by atoms with Crippen molar-refractivity contribution in [2.45, 2.75) is 6.54 Å². The van der Waals surface area contributed by atoms with Crippen molar-refractivity contribution < 1.29 is 19.1 Å². The van der Waals surface area contributed by atoms with E-state index in [1.807, 2.05) is 28.8 Å². The number of carbonyl (C=O) groups excluding carboxylic acids is 2. The van der Waals surface area contributed by atoms with E-state index < -0.39 is 0 Å². The second-order valence-corrected chi connectivity index (χ2v) is 7.50. The van der Waals surface area contributed by atoms with Crippen molar-refractivity contribution in [3.8, 4) is 11.5 Å². The van der Waals surface area contributed by atoms with E-state index >= 15 is 0 Å². The summed E-state index contributed by atoms with van der Waals surface area (Å²) < 4.78 is 12.1. The van der Waals surface area contributed by atoms with Crippen molar-refractivity contribution in [2.24, 2.45) is 0 Å². The molecule has 2 N–H and O–H groups in total. The van der Waals surface area contributed by atoms with Gasteiger partial charge in [-0.15, -0.1) is 0 Å². The van der Waals surface area contributed by atoms with Crippen LogP contribution in [0.1, 0.15) is 26.4 Å². The highest BCUT2D eigenvalue weighted by Crippen LogP contribution is 2.17. The molecule has 8 heteroatoms. The Morgan fingerprint density at radius 3 is 2.15 bits per heavy atom. The SMILES string of the molecule is COc1ccc(NC(=O)c2cn(Cc3ccc(NC(=O)c4cccc(OC)c4)cc3)cn2)cc1. The van der Waals surface area contributed by atoms with Crippen molar-refractivity contribution in [3.63, 3.8) is 0 Å². The second-order valence-electron chi connectivity index (χ2n) is 7.50. The van der Waals surface area contributed by atoms with E-state index in [1.165, 1.54) is 0 Å². The molecule has 0 saturated heterocycles. The van der Waals surface area contributed by atoms with Gasteiger partial charge in [0.25, 0.3) is 11.8 Å². The predicted molar refractivity (Wildman–Crippen MR) is 130 cm³/mol. The fraction of sp³-hybridized carbons (Fsp3) is 0.115. The number of rotatable bonds is 8. The Balaban J connectivity index is 1.34. The molecule has 0 bridgehead atoms. The van der Waals surface area contributed by atoms with Gasteiger partial charge in [-0.25, -0.2) is 4.98 Å². The first-order chi connectivity index (χ1) is 16.5. The molecule has 3 aromatic carbocycles. The Bertz CT molecular complexity index is 1280. The first kappa shape index (κ1) is 22.6. The summed E-state index contributed by atoms with van der Waals surface area (Å²) >= 11 is 0. The molecular weight excluding hydrogens is 432 g/mol. The smallest absolute Gasteiger partial charge is 0.275 e. The lowest BCUT2D eigenvalue weighted by Gasteiger charge is -2.08. The summed E-state index contributed by atoms with van der Waals surface area (Å²) in [6.45, 7) is 0.535. The lowest BCUT2D eigenvalue weighted by atomic mass is 10.1. The molecule has 0 aliphatic carbocycles. The number of carbonyl (C=O) groups is 2. The van der Waals surface area contributed by atoms with Gasteiger partial charge in [0.2, 0.25) is 0 Å². The highest BCUT2D eigenvalue weighted by molar-refractivity contribution is 6.04. The van der Waals surface area contributed by atoms with Gasteiger partial charge in [0.1, 0.15) is 17.2 Å². The normalized spacial score (nSPS) is 10.4. The molecule has 34 heavy (non-hydrogen) atoms. The Morgan fingerprint density at radius 2 is 1.47 bits per heavy atom. The van der Waals surface area contributed by atoms with Crippen LogP contribution in [-0.2, 0) is 6.54 Å². The van der Waals surface area contributed by atoms with Gasteiger partial charge in [-0.3, -0.25) is 9.59 Å². The van der Waals surface area contributed by atoms with Crippen LogP contribution in [0.25, 0.3) is 0 Å². The summed E-state index contributed by atoms with van der Waals surface area (Å²) in [7, 11) is 3.15. The van der Waals surface area contributed by atoms with Gasteiger partial charge in [0.15, 0.2) is 0 Å². The Morgan fingerprint density at radius 1 is 0.824 bits per heavy atom. The molecule has 0 radical (unpaired) electrons. The maximum absolute atomic E-state index is 12.5. The first-order valence-electron chi connectivity index (χ1n) is 10.6. The van der Waals surface area contributed by atoms with Gasteiger partial charge in [-0.05, 0) is 60.2 Å². The number of hydrogen-bond donors (Lipinski definition) is 2. The zero-order chi connectivity index (χ0) is 23.9. The monoisotopic (exact) mass is 456 g/mol. The third kappa shape index (κ3) is 5.60. The lowest BCUT2D eigenvalue weighted by molar-refractivity contribution is 0.101. The number of imidazole rings is 1. The average molecular weight is 457 g/mol. The largest absolute Gasteiger partial charge is 0.497 e. The maximum atomic E-state index is 12.5. The van der Waals surface area contributed by atoms with Crippen LogP contribution in [0.2, 0.25) is 0 Å². The van der Waals surface area contributed by atoms with E-state index in [0.29, 0.717) is 40.7 Å². The topological polar surface area (TPSA) is 94.5 Å². The van der Waals surface area contributed by atoms with E-state index in [4.69, 9.17) is 9.47 Å². The summed E-state index contributed by atoms with van der Waals surface area (Å²) in [5.41, 5.74) is 3.17. The number of hydrogen-bond acceptors (Lipinski definition) is 5. The van der Waals surface area contributed by atoms with Crippen LogP contribution in [0.5, 0.6) is 11.5 Å². The number of anilines is 2. The van der Waals surface area contributed by atoms with Crippen molar-refractivity contribution >= 4 is 23.2 Å². The minimum atomic E-state index is -0.292. The number of methoxy groups -OCH3 is 2. The molecule has 0 aliphatic heterocycles. The van der Waals surface area contributed by atoms with Crippen LogP contribution in [0.3, 0.4) is 0 Å². The van der Waals surface area contributed by atoms with Gasteiger partial charge >= 0.3 is 0 Å². The van der Waals surface area contributed by atoms with Crippen LogP contribution in [0, 0.1) is 0 Å². The average Bonchev–Trinajstić information content (AvgIpc) is 3.34. The molecule has 0 fully saturated rings. The number of aromatic nitrogens is 2. The Kier molecular flexibility index (Phi) is 6.88. The predicted octanol–water partition coefficient (Wildman–Crippen LogP) is 4.45. The number of nitrogens with one attached hydrogen (secondary N) is 2. The van der Waals surface area contributed by atoms with E-state index in [-0.39, 0.29) is 11.8 Å². The van der Waals surface area contributed by atoms with E-state index in [1.54, 1.807) is 75.3 Å². The van der Waals surface area contributed by atoms with Gasteiger partial charge in [0.05, 0.1) is 20.5 Å². The van der Waals surface area contributed by atoms with E-state index in [0.717, 1.165) is 5.56 Å². The van der Waals surface area contributed by atoms with Crippen LogP contribution in [-0.4, -0.2) is 35.6 Å². The van der Waals surface area contributed by atoms with E-state index in [2.05, 4.69) is 15.6 Å². The molecule has 0 spiro atoms. The van der Waals surface area contributed by atoms with Gasteiger partial charge in [-0.1, -0.05) is 18.2 Å². The van der Waals surface area contributed by atoms with Crippen LogP contribution in [0.15, 0.2) is 85.3 Å².